The molecule has 1 atom stereocenters. The quantitative estimate of drug-likeness (QED) is 0.800. The molecule has 0 N–H and O–H groups in total. The van der Waals surface area contributed by atoms with Crippen LogP contribution in [0.25, 0.3) is 0 Å². The number of rotatable bonds is 5. The van der Waals surface area contributed by atoms with Gasteiger partial charge in [0.1, 0.15) is 5.69 Å². The lowest BCUT2D eigenvalue weighted by Gasteiger charge is -2.37. The molecule has 0 spiro atoms. The summed E-state index contributed by atoms with van der Waals surface area (Å²) in [5.41, 5.74) is 0.141. The lowest BCUT2D eigenvalue weighted by Crippen LogP contribution is -2.54. The third-order valence-electron chi connectivity index (χ3n) is 5.29. The van der Waals surface area contributed by atoms with Crippen molar-refractivity contribution in [1.82, 2.24) is 24.8 Å². The van der Waals surface area contributed by atoms with E-state index in [0.717, 1.165) is 6.42 Å². The molecule has 3 amide bonds. The Morgan fingerprint density at radius 1 is 1.27 bits per heavy atom. The predicted octanol–water partition coefficient (Wildman–Crippen LogP) is 2.05. The SMILES string of the molecule is CCn1ncc(CN2C(=O)CCN(CC3CC(C)(C)OC3(C)C)C2=O)n1. The highest BCUT2D eigenvalue weighted by Crippen LogP contribution is 2.42. The van der Waals surface area contributed by atoms with E-state index in [1.54, 1.807) is 15.9 Å². The molecule has 2 saturated heterocycles. The summed E-state index contributed by atoms with van der Waals surface area (Å²) in [6.07, 6.45) is 2.84. The first-order valence-electron chi connectivity index (χ1n) is 9.30. The molecule has 26 heavy (non-hydrogen) atoms. The fourth-order valence-electron chi connectivity index (χ4n) is 4.01. The number of ether oxygens (including phenoxy) is 1. The van der Waals surface area contributed by atoms with Crippen molar-refractivity contribution >= 4 is 11.9 Å². The molecule has 0 aliphatic carbocycles. The van der Waals surface area contributed by atoms with Crippen LogP contribution in [0.1, 0.15) is 53.2 Å². The smallest absolute Gasteiger partial charge is 0.327 e. The molecule has 0 bridgehead atoms. The molecule has 1 aromatic heterocycles. The van der Waals surface area contributed by atoms with Crippen LogP contribution in [0.3, 0.4) is 0 Å². The number of carbonyl (C=O) groups is 2. The molecular weight excluding hydrogens is 334 g/mol. The normalized spacial score (nSPS) is 25.2. The molecule has 1 aromatic rings. The Morgan fingerprint density at radius 3 is 2.58 bits per heavy atom. The van der Waals surface area contributed by atoms with Gasteiger partial charge in [0.05, 0.1) is 30.5 Å². The van der Waals surface area contributed by atoms with E-state index in [-0.39, 0.29) is 35.6 Å². The largest absolute Gasteiger partial charge is 0.369 e. The lowest BCUT2D eigenvalue weighted by molar-refractivity contribution is -0.131. The molecular formula is C18H29N5O3. The molecule has 2 aliphatic rings. The van der Waals surface area contributed by atoms with Crippen LogP contribution in [0.5, 0.6) is 0 Å². The maximum atomic E-state index is 12.9. The highest BCUT2D eigenvalue weighted by molar-refractivity contribution is 5.96. The minimum Gasteiger partial charge on any atom is -0.369 e. The molecule has 0 aromatic carbocycles. The molecule has 8 heteroatoms. The van der Waals surface area contributed by atoms with Crippen molar-refractivity contribution in [1.29, 1.82) is 0 Å². The molecule has 0 saturated carbocycles. The summed E-state index contributed by atoms with van der Waals surface area (Å²) in [6.45, 7) is 12.1. The first-order chi connectivity index (χ1) is 12.1. The Hall–Kier alpha value is -1.96. The van der Waals surface area contributed by atoms with Gasteiger partial charge in [-0.15, -0.1) is 0 Å². The predicted molar refractivity (Wildman–Crippen MR) is 95.2 cm³/mol. The van der Waals surface area contributed by atoms with Crippen LogP contribution in [0.4, 0.5) is 4.79 Å². The Morgan fingerprint density at radius 2 is 2.00 bits per heavy atom. The van der Waals surface area contributed by atoms with Crippen LogP contribution in [-0.4, -0.2) is 61.0 Å². The van der Waals surface area contributed by atoms with Gasteiger partial charge in [0, 0.05) is 25.4 Å². The lowest BCUT2D eigenvalue weighted by atomic mass is 9.87. The highest BCUT2D eigenvalue weighted by Gasteiger charge is 2.47. The van der Waals surface area contributed by atoms with E-state index in [9.17, 15) is 9.59 Å². The van der Waals surface area contributed by atoms with Crippen LogP contribution in [0.15, 0.2) is 6.20 Å². The number of aromatic nitrogens is 3. The van der Waals surface area contributed by atoms with Gasteiger partial charge < -0.3 is 9.64 Å². The van der Waals surface area contributed by atoms with Crippen molar-refractivity contribution < 1.29 is 14.3 Å². The van der Waals surface area contributed by atoms with Gasteiger partial charge in [0.25, 0.3) is 0 Å². The third-order valence-corrected chi connectivity index (χ3v) is 5.29. The zero-order chi connectivity index (χ0) is 19.1. The molecule has 0 radical (unpaired) electrons. The number of nitrogens with zero attached hydrogens (tertiary/aromatic N) is 5. The maximum Gasteiger partial charge on any atom is 0.327 e. The molecule has 1 unspecified atom stereocenters. The first-order valence-corrected chi connectivity index (χ1v) is 9.30. The number of aryl methyl sites for hydroxylation is 1. The minimum absolute atomic E-state index is 0.153. The second-order valence-corrected chi connectivity index (χ2v) is 8.35. The molecule has 144 valence electrons. The summed E-state index contributed by atoms with van der Waals surface area (Å²) in [5, 5.41) is 8.40. The number of urea groups is 1. The van der Waals surface area contributed by atoms with Crippen LogP contribution < -0.4 is 0 Å². The standard InChI is InChI=1S/C18H29N5O3/c1-6-23-19-10-14(20-23)12-22-15(24)7-8-21(16(22)25)11-13-9-17(2,3)26-18(13,4)5/h10,13H,6-9,11-12H2,1-5H3. The van der Waals surface area contributed by atoms with E-state index in [0.29, 0.717) is 31.7 Å². The van der Waals surface area contributed by atoms with Gasteiger partial charge >= 0.3 is 6.03 Å². The summed E-state index contributed by atoms with van der Waals surface area (Å²) < 4.78 is 6.14. The molecule has 3 rings (SSSR count). The Labute approximate surface area is 154 Å². The van der Waals surface area contributed by atoms with Gasteiger partial charge in [-0.3, -0.25) is 9.69 Å². The van der Waals surface area contributed by atoms with Gasteiger partial charge in [0.15, 0.2) is 0 Å². The van der Waals surface area contributed by atoms with Gasteiger partial charge in [-0.05, 0) is 41.0 Å². The summed E-state index contributed by atoms with van der Waals surface area (Å²) >= 11 is 0. The van der Waals surface area contributed by atoms with Crippen molar-refractivity contribution in [3.05, 3.63) is 11.9 Å². The van der Waals surface area contributed by atoms with Gasteiger partial charge in [-0.2, -0.15) is 15.0 Å². The van der Waals surface area contributed by atoms with Crippen molar-refractivity contribution in [2.24, 2.45) is 5.92 Å². The van der Waals surface area contributed by atoms with Crippen molar-refractivity contribution in [3.8, 4) is 0 Å². The summed E-state index contributed by atoms with van der Waals surface area (Å²) in [7, 11) is 0. The van der Waals surface area contributed by atoms with Gasteiger partial charge in [0.2, 0.25) is 5.91 Å². The number of hydrogen-bond donors (Lipinski definition) is 0. The van der Waals surface area contributed by atoms with Crippen LogP contribution in [-0.2, 0) is 22.6 Å². The highest BCUT2D eigenvalue weighted by atomic mass is 16.5. The molecule has 2 fully saturated rings. The summed E-state index contributed by atoms with van der Waals surface area (Å²) in [4.78, 5) is 29.8. The third kappa shape index (κ3) is 3.75. The maximum absolute atomic E-state index is 12.9. The van der Waals surface area contributed by atoms with Crippen LogP contribution >= 0.6 is 0 Å². The second kappa shape index (κ2) is 6.64. The first kappa shape index (κ1) is 18.8. The molecule has 2 aliphatic heterocycles. The zero-order valence-electron chi connectivity index (χ0n) is 16.4. The Kier molecular flexibility index (Phi) is 4.81. The van der Waals surface area contributed by atoms with E-state index in [2.05, 4.69) is 37.9 Å². The van der Waals surface area contributed by atoms with E-state index < -0.39 is 0 Å². The van der Waals surface area contributed by atoms with Gasteiger partial charge in [-0.25, -0.2) is 4.79 Å². The van der Waals surface area contributed by atoms with Gasteiger partial charge in [-0.1, -0.05) is 0 Å². The van der Waals surface area contributed by atoms with Crippen LogP contribution in [0, 0.1) is 5.92 Å². The van der Waals surface area contributed by atoms with Crippen molar-refractivity contribution in [2.45, 2.75) is 71.8 Å². The number of hydrogen-bond acceptors (Lipinski definition) is 5. The minimum atomic E-state index is -0.292. The fraction of sp³-hybridized carbons (Fsp3) is 0.778. The molecule has 3 heterocycles. The average Bonchev–Trinajstić information content (AvgIpc) is 3.07. The van der Waals surface area contributed by atoms with E-state index >= 15 is 0 Å². The van der Waals surface area contributed by atoms with E-state index in [1.807, 2.05) is 6.92 Å². The summed E-state index contributed by atoms with van der Waals surface area (Å²) in [6, 6.07) is -0.243. The zero-order valence-corrected chi connectivity index (χ0v) is 16.4. The number of carbonyl (C=O) groups excluding carboxylic acids is 2. The van der Waals surface area contributed by atoms with Crippen molar-refractivity contribution in [3.63, 3.8) is 0 Å². The number of imide groups is 1. The fourth-order valence-corrected chi connectivity index (χ4v) is 4.01. The van der Waals surface area contributed by atoms with E-state index in [4.69, 9.17) is 4.74 Å². The topological polar surface area (TPSA) is 80.6 Å². The Balaban J connectivity index is 1.70. The summed E-state index contributed by atoms with van der Waals surface area (Å²) in [5.74, 6) is 0.0806. The average molecular weight is 363 g/mol. The number of amides is 3. The second-order valence-electron chi connectivity index (χ2n) is 8.35. The monoisotopic (exact) mass is 363 g/mol. The Bertz CT molecular complexity index is 697. The van der Waals surface area contributed by atoms with E-state index in [1.165, 1.54) is 4.90 Å². The van der Waals surface area contributed by atoms with Crippen LogP contribution in [0.2, 0.25) is 0 Å². The molecule has 8 nitrogen and oxygen atoms in total. The van der Waals surface area contributed by atoms with Crippen molar-refractivity contribution in [2.75, 3.05) is 13.1 Å².